The molecule has 4 aromatic rings. The second-order valence-electron chi connectivity index (χ2n) is 13.2. The number of nitrogens with zero attached hydrogens (tertiary/aromatic N) is 1. The molecule has 46 heavy (non-hydrogen) atoms. The maximum Gasteiger partial charge on any atom is 0.254 e. The van der Waals surface area contributed by atoms with E-state index >= 15 is 0 Å². The Kier molecular flexibility index (Phi) is 10.0. The minimum Gasteiger partial charge on any atom is -0.391 e. The highest BCUT2D eigenvalue weighted by atomic mass is 16.3. The summed E-state index contributed by atoms with van der Waals surface area (Å²) in [5.74, 6) is -0.697. The smallest absolute Gasteiger partial charge is 0.254 e. The van der Waals surface area contributed by atoms with E-state index in [1.807, 2.05) is 87.2 Å². The molecule has 0 unspecified atom stereocenters. The molecular weight excluding hydrogens is 574 g/mol. The van der Waals surface area contributed by atoms with Gasteiger partial charge in [-0.3, -0.25) is 14.4 Å². The second-order valence-corrected chi connectivity index (χ2v) is 13.2. The molecule has 7 nitrogen and oxygen atoms in total. The molecule has 1 aliphatic rings. The second kappa shape index (κ2) is 14.1. The molecule has 0 aromatic heterocycles. The molecule has 1 heterocycles. The molecule has 1 aliphatic heterocycles. The number of amides is 3. The van der Waals surface area contributed by atoms with Gasteiger partial charge in [-0.2, -0.15) is 0 Å². The molecular formula is C39H43N3O4. The van der Waals surface area contributed by atoms with Crippen LogP contribution in [0.3, 0.4) is 0 Å². The van der Waals surface area contributed by atoms with Crippen molar-refractivity contribution in [1.82, 2.24) is 15.5 Å². The van der Waals surface area contributed by atoms with E-state index in [0.717, 1.165) is 23.1 Å². The zero-order chi connectivity index (χ0) is 32.8. The van der Waals surface area contributed by atoms with E-state index in [2.05, 4.69) is 22.8 Å². The maximum absolute atomic E-state index is 13.9. The van der Waals surface area contributed by atoms with Crippen LogP contribution in [0.15, 0.2) is 97.1 Å². The largest absolute Gasteiger partial charge is 0.391 e. The summed E-state index contributed by atoms with van der Waals surface area (Å²) in [5, 5.41) is 17.7. The number of aliphatic hydroxyl groups excluding tert-OH is 1. The van der Waals surface area contributed by atoms with Gasteiger partial charge < -0.3 is 20.6 Å². The average Bonchev–Trinajstić information content (AvgIpc) is 3.04. The Morgan fingerprint density at radius 3 is 2.22 bits per heavy atom. The number of benzene rings is 4. The molecule has 238 valence electrons. The molecule has 0 saturated carbocycles. The van der Waals surface area contributed by atoms with E-state index in [1.54, 1.807) is 30.3 Å². The quantitative estimate of drug-likeness (QED) is 0.226. The van der Waals surface area contributed by atoms with Crippen molar-refractivity contribution < 1.29 is 19.5 Å². The molecule has 0 spiro atoms. The first-order chi connectivity index (χ1) is 22.0. The van der Waals surface area contributed by atoms with Crippen LogP contribution in [-0.2, 0) is 25.8 Å². The molecule has 4 aromatic carbocycles. The van der Waals surface area contributed by atoms with Gasteiger partial charge in [0.1, 0.15) is 0 Å². The summed E-state index contributed by atoms with van der Waals surface area (Å²) in [6.45, 7) is 8.75. The summed E-state index contributed by atoms with van der Waals surface area (Å²) in [6.07, 6.45) is 0.349. The normalized spacial score (nSPS) is 14.2. The predicted octanol–water partition coefficient (Wildman–Crippen LogP) is 5.67. The van der Waals surface area contributed by atoms with Gasteiger partial charge in [-0.25, -0.2) is 0 Å². The van der Waals surface area contributed by atoms with Gasteiger partial charge in [-0.15, -0.1) is 0 Å². The van der Waals surface area contributed by atoms with Crippen molar-refractivity contribution in [3.63, 3.8) is 0 Å². The first kappa shape index (κ1) is 32.6. The van der Waals surface area contributed by atoms with Crippen LogP contribution >= 0.6 is 0 Å². The lowest BCUT2D eigenvalue weighted by molar-refractivity contribution is 0.0734. The summed E-state index contributed by atoms with van der Waals surface area (Å²) in [6, 6.07) is 29.6. The SMILES string of the molecule is Cc1ccc(C(=O)N2CCc3ccccc3C2)cc1C(=O)N[C@@H](Cc1ccccc1)[C@@H](O)Cc1ccccc1C(=O)NC(C)(C)C. The Bertz CT molecular complexity index is 1710. The van der Waals surface area contributed by atoms with Crippen LogP contribution in [0.2, 0.25) is 0 Å². The Labute approximate surface area is 271 Å². The molecule has 0 bridgehead atoms. The number of nitrogens with one attached hydrogen (secondary N) is 2. The zero-order valence-electron chi connectivity index (χ0n) is 27.0. The molecule has 3 amide bonds. The van der Waals surface area contributed by atoms with E-state index < -0.39 is 17.7 Å². The zero-order valence-corrected chi connectivity index (χ0v) is 27.0. The number of aryl methyl sites for hydroxylation is 1. The number of aliphatic hydroxyl groups is 1. The minimum atomic E-state index is -0.994. The maximum atomic E-state index is 13.9. The van der Waals surface area contributed by atoms with E-state index in [0.29, 0.717) is 41.8 Å². The van der Waals surface area contributed by atoms with Crippen molar-refractivity contribution >= 4 is 17.7 Å². The highest BCUT2D eigenvalue weighted by Crippen LogP contribution is 2.22. The molecule has 0 saturated heterocycles. The minimum absolute atomic E-state index is 0.116. The monoisotopic (exact) mass is 617 g/mol. The summed E-state index contributed by atoms with van der Waals surface area (Å²) in [4.78, 5) is 42.3. The van der Waals surface area contributed by atoms with Gasteiger partial charge in [0, 0.05) is 41.7 Å². The van der Waals surface area contributed by atoms with Crippen LogP contribution in [0.4, 0.5) is 0 Å². The third-order valence-electron chi connectivity index (χ3n) is 8.41. The summed E-state index contributed by atoms with van der Waals surface area (Å²) in [5.41, 5.74) is 5.69. The fraction of sp³-hybridized carbons (Fsp3) is 0.308. The fourth-order valence-corrected chi connectivity index (χ4v) is 5.94. The number of hydrogen-bond donors (Lipinski definition) is 3. The van der Waals surface area contributed by atoms with Crippen molar-refractivity contribution in [2.45, 2.75) is 71.2 Å². The molecule has 5 rings (SSSR count). The van der Waals surface area contributed by atoms with Gasteiger partial charge in [-0.1, -0.05) is 78.9 Å². The van der Waals surface area contributed by atoms with E-state index in [9.17, 15) is 19.5 Å². The topological polar surface area (TPSA) is 98.7 Å². The van der Waals surface area contributed by atoms with Crippen LogP contribution in [-0.4, -0.2) is 52.0 Å². The molecule has 0 radical (unpaired) electrons. The number of rotatable bonds is 9. The fourth-order valence-electron chi connectivity index (χ4n) is 5.94. The molecule has 0 fully saturated rings. The van der Waals surface area contributed by atoms with Crippen LogP contribution in [0, 0.1) is 6.92 Å². The van der Waals surface area contributed by atoms with Gasteiger partial charge in [-0.05, 0) is 86.6 Å². The highest BCUT2D eigenvalue weighted by molar-refractivity contribution is 6.01. The van der Waals surface area contributed by atoms with Crippen molar-refractivity contribution in [1.29, 1.82) is 0 Å². The third-order valence-corrected chi connectivity index (χ3v) is 8.41. The number of fused-ring (bicyclic) bond motifs is 1. The Morgan fingerprint density at radius 1 is 0.804 bits per heavy atom. The first-order valence-electron chi connectivity index (χ1n) is 15.9. The van der Waals surface area contributed by atoms with Crippen LogP contribution < -0.4 is 10.6 Å². The summed E-state index contributed by atoms with van der Waals surface area (Å²) in [7, 11) is 0. The van der Waals surface area contributed by atoms with Crippen molar-refractivity contribution in [3.8, 4) is 0 Å². The Hall–Kier alpha value is -4.75. The van der Waals surface area contributed by atoms with Gasteiger partial charge >= 0.3 is 0 Å². The van der Waals surface area contributed by atoms with Gasteiger partial charge in [0.25, 0.3) is 17.7 Å². The highest BCUT2D eigenvalue weighted by Gasteiger charge is 2.27. The lowest BCUT2D eigenvalue weighted by Gasteiger charge is -2.29. The lowest BCUT2D eigenvalue weighted by Crippen LogP contribution is -2.46. The van der Waals surface area contributed by atoms with Crippen LogP contribution in [0.5, 0.6) is 0 Å². The predicted molar refractivity (Wildman–Crippen MR) is 181 cm³/mol. The lowest BCUT2D eigenvalue weighted by atomic mass is 9.93. The molecule has 3 N–H and O–H groups in total. The van der Waals surface area contributed by atoms with Crippen molar-refractivity contribution in [3.05, 3.63) is 142 Å². The first-order valence-corrected chi connectivity index (χ1v) is 15.9. The molecule has 2 atom stereocenters. The Balaban J connectivity index is 1.37. The Morgan fingerprint density at radius 2 is 1.48 bits per heavy atom. The number of carbonyl (C=O) groups excluding carboxylic acids is 3. The van der Waals surface area contributed by atoms with E-state index in [1.165, 1.54) is 5.56 Å². The standard InChI is InChI=1S/C39H43N3O4/c1-26-18-19-30(38(46)42-21-20-28-14-8-9-16-31(28)25-42)23-33(26)36(44)40-34(22-27-12-6-5-7-13-27)35(43)24-29-15-10-11-17-32(29)37(45)41-39(2,3)4/h5-19,23,34-35,43H,20-22,24-25H2,1-4H3,(H,40,44)(H,41,45)/t34-,35-/m0/s1. The summed E-state index contributed by atoms with van der Waals surface area (Å²) < 4.78 is 0. The van der Waals surface area contributed by atoms with Crippen molar-refractivity contribution in [2.24, 2.45) is 0 Å². The van der Waals surface area contributed by atoms with E-state index in [-0.39, 0.29) is 24.1 Å². The third kappa shape index (κ3) is 8.09. The van der Waals surface area contributed by atoms with Gasteiger partial charge in [0.2, 0.25) is 0 Å². The van der Waals surface area contributed by atoms with E-state index in [4.69, 9.17) is 0 Å². The van der Waals surface area contributed by atoms with Crippen LogP contribution in [0.25, 0.3) is 0 Å². The van der Waals surface area contributed by atoms with Gasteiger partial charge in [0.15, 0.2) is 0 Å². The molecule has 7 heteroatoms. The average molecular weight is 618 g/mol. The number of carbonyl (C=O) groups is 3. The van der Waals surface area contributed by atoms with Crippen molar-refractivity contribution in [2.75, 3.05) is 6.54 Å². The van der Waals surface area contributed by atoms with Gasteiger partial charge in [0.05, 0.1) is 12.1 Å². The van der Waals surface area contributed by atoms with Crippen LogP contribution in [0.1, 0.15) is 79.7 Å². The summed E-state index contributed by atoms with van der Waals surface area (Å²) >= 11 is 0. The number of hydrogen-bond acceptors (Lipinski definition) is 4. The molecule has 0 aliphatic carbocycles.